The molecule has 6 nitrogen and oxygen atoms in total. The summed E-state index contributed by atoms with van der Waals surface area (Å²) in [5, 5.41) is 15.0. The Hall–Kier alpha value is -3.60. The number of halogens is 5. The lowest BCUT2D eigenvalue weighted by atomic mass is 10.1. The number of amides is 1. The number of alkyl halides is 3. The van der Waals surface area contributed by atoms with Gasteiger partial charge in [0, 0.05) is 11.6 Å². The number of rotatable bonds is 5. The van der Waals surface area contributed by atoms with Crippen molar-refractivity contribution in [1.29, 1.82) is 0 Å². The fraction of sp³-hybridized carbons (Fsp3) is 0.190. The molecule has 0 radical (unpaired) electrons. The molecule has 11 heteroatoms. The summed E-state index contributed by atoms with van der Waals surface area (Å²) in [4.78, 5) is 25.3. The molecule has 2 N–H and O–H groups in total. The maximum absolute atomic E-state index is 13.7. The van der Waals surface area contributed by atoms with Crippen LogP contribution < -0.4 is 10.9 Å². The molecule has 0 aliphatic carbocycles. The number of aliphatic hydroxyl groups is 1. The summed E-state index contributed by atoms with van der Waals surface area (Å²) in [6.07, 6.45) is -7.82. The molecule has 168 valence electrons. The number of nitrogens with one attached hydrogen (secondary N) is 1. The van der Waals surface area contributed by atoms with E-state index < -0.39 is 47.5 Å². The topological polar surface area (TPSA) is 84.2 Å². The van der Waals surface area contributed by atoms with Crippen LogP contribution in [0.3, 0.4) is 0 Å². The van der Waals surface area contributed by atoms with Crippen LogP contribution in [0.4, 0.5) is 22.0 Å². The van der Waals surface area contributed by atoms with Gasteiger partial charge in [-0.15, -0.1) is 0 Å². The molecule has 0 aliphatic heterocycles. The van der Waals surface area contributed by atoms with Crippen molar-refractivity contribution in [2.45, 2.75) is 19.2 Å². The average molecular weight is 453 g/mol. The van der Waals surface area contributed by atoms with E-state index in [1.165, 1.54) is 0 Å². The van der Waals surface area contributed by atoms with Gasteiger partial charge in [-0.05, 0) is 25.1 Å². The summed E-state index contributed by atoms with van der Waals surface area (Å²) < 4.78 is 65.5. The van der Waals surface area contributed by atoms with Crippen molar-refractivity contribution in [3.63, 3.8) is 0 Å². The van der Waals surface area contributed by atoms with Gasteiger partial charge >= 0.3 is 6.18 Å². The highest BCUT2D eigenvalue weighted by atomic mass is 19.4. The molecular formula is C21H16F5N3O3. The Morgan fingerprint density at radius 3 is 2.25 bits per heavy atom. The molecule has 1 unspecified atom stereocenters. The highest BCUT2D eigenvalue weighted by Crippen LogP contribution is 2.21. The normalized spacial score (nSPS) is 12.5. The number of aromatic nitrogens is 2. The first-order valence-corrected chi connectivity index (χ1v) is 9.16. The standard InChI is InChI=1S/C21H16F5N3O3/c1-11-2-4-12(5-3-11)17-9-16(19(31)27-10-18(30)21(24,25)26)20(32)29(28-17)15-7-13(22)6-14(23)8-15/h2-9,18,30H,10H2,1H3,(H,27,31). The van der Waals surface area contributed by atoms with E-state index in [0.29, 0.717) is 16.3 Å². The van der Waals surface area contributed by atoms with E-state index in [1.54, 1.807) is 24.3 Å². The molecule has 3 aromatic rings. The van der Waals surface area contributed by atoms with E-state index >= 15 is 0 Å². The minimum atomic E-state index is -4.97. The van der Waals surface area contributed by atoms with Gasteiger partial charge in [-0.1, -0.05) is 29.8 Å². The van der Waals surface area contributed by atoms with Crippen molar-refractivity contribution in [3.05, 3.63) is 81.6 Å². The number of aliphatic hydroxyl groups excluding tert-OH is 1. The van der Waals surface area contributed by atoms with E-state index in [1.807, 2.05) is 12.2 Å². The number of hydrogen-bond donors (Lipinski definition) is 2. The van der Waals surface area contributed by atoms with Crippen LogP contribution in [0.15, 0.2) is 53.3 Å². The average Bonchev–Trinajstić information content (AvgIpc) is 2.71. The zero-order valence-electron chi connectivity index (χ0n) is 16.5. The van der Waals surface area contributed by atoms with Gasteiger partial charge < -0.3 is 10.4 Å². The molecule has 0 aliphatic rings. The maximum atomic E-state index is 13.7. The fourth-order valence-corrected chi connectivity index (χ4v) is 2.76. The number of benzene rings is 2. The predicted molar refractivity (Wildman–Crippen MR) is 104 cm³/mol. The van der Waals surface area contributed by atoms with Gasteiger partial charge in [0.05, 0.1) is 17.9 Å². The fourth-order valence-electron chi connectivity index (χ4n) is 2.76. The lowest BCUT2D eigenvalue weighted by Gasteiger charge is -2.15. The third kappa shape index (κ3) is 5.17. The minimum Gasteiger partial charge on any atom is -0.382 e. The zero-order chi connectivity index (χ0) is 23.6. The molecular weight excluding hydrogens is 437 g/mol. The second kappa shape index (κ2) is 8.87. The summed E-state index contributed by atoms with van der Waals surface area (Å²) in [5.74, 6) is -3.23. The Morgan fingerprint density at radius 1 is 1.09 bits per heavy atom. The molecule has 0 bridgehead atoms. The second-order valence-corrected chi connectivity index (χ2v) is 6.92. The van der Waals surface area contributed by atoms with Crippen molar-refractivity contribution in [2.75, 3.05) is 6.54 Å². The maximum Gasteiger partial charge on any atom is 0.416 e. The van der Waals surface area contributed by atoms with Crippen molar-refractivity contribution in [2.24, 2.45) is 0 Å². The first-order chi connectivity index (χ1) is 15.0. The van der Waals surface area contributed by atoms with E-state index in [-0.39, 0.29) is 11.4 Å². The summed E-state index contributed by atoms with van der Waals surface area (Å²) in [5.41, 5.74) is -0.694. The molecule has 1 heterocycles. The summed E-state index contributed by atoms with van der Waals surface area (Å²) in [6, 6.07) is 9.92. The van der Waals surface area contributed by atoms with E-state index in [0.717, 1.165) is 23.8 Å². The van der Waals surface area contributed by atoms with E-state index in [9.17, 15) is 31.5 Å². The van der Waals surface area contributed by atoms with Crippen molar-refractivity contribution < 1.29 is 31.9 Å². The Labute approximate surface area is 177 Å². The molecule has 1 aromatic heterocycles. The largest absolute Gasteiger partial charge is 0.416 e. The van der Waals surface area contributed by atoms with Crippen LogP contribution in [0.5, 0.6) is 0 Å². The molecule has 0 saturated heterocycles. The third-order valence-corrected chi connectivity index (χ3v) is 4.43. The first-order valence-electron chi connectivity index (χ1n) is 9.16. The van der Waals surface area contributed by atoms with Crippen LogP contribution >= 0.6 is 0 Å². The highest BCUT2D eigenvalue weighted by molar-refractivity contribution is 5.94. The Morgan fingerprint density at radius 2 is 1.69 bits per heavy atom. The van der Waals surface area contributed by atoms with Crippen LogP contribution in [0.25, 0.3) is 16.9 Å². The lowest BCUT2D eigenvalue weighted by molar-refractivity contribution is -0.201. The van der Waals surface area contributed by atoms with Crippen molar-refractivity contribution in [1.82, 2.24) is 15.1 Å². The van der Waals surface area contributed by atoms with Crippen LogP contribution in [0, 0.1) is 18.6 Å². The third-order valence-electron chi connectivity index (χ3n) is 4.43. The van der Waals surface area contributed by atoms with Crippen molar-refractivity contribution >= 4 is 5.91 Å². The smallest absolute Gasteiger partial charge is 0.382 e. The minimum absolute atomic E-state index is 0.0517. The second-order valence-electron chi connectivity index (χ2n) is 6.92. The Kier molecular flexibility index (Phi) is 6.40. The molecule has 0 saturated carbocycles. The Balaban J connectivity index is 2.11. The molecule has 0 spiro atoms. The summed E-state index contributed by atoms with van der Waals surface area (Å²) in [6.45, 7) is 0.622. The molecule has 3 rings (SSSR count). The van der Waals surface area contributed by atoms with Gasteiger partial charge in [0.25, 0.3) is 11.5 Å². The van der Waals surface area contributed by atoms with Gasteiger partial charge in [-0.25, -0.2) is 8.78 Å². The first kappa shape index (κ1) is 23.1. The van der Waals surface area contributed by atoms with Crippen LogP contribution in [-0.4, -0.2) is 39.6 Å². The SMILES string of the molecule is Cc1ccc(-c2cc(C(=O)NCC(O)C(F)(F)F)c(=O)n(-c3cc(F)cc(F)c3)n2)cc1. The van der Waals surface area contributed by atoms with Crippen molar-refractivity contribution in [3.8, 4) is 16.9 Å². The lowest BCUT2D eigenvalue weighted by Crippen LogP contribution is -2.42. The van der Waals surface area contributed by atoms with Gasteiger partial charge in [-0.2, -0.15) is 23.0 Å². The predicted octanol–water partition coefficient (Wildman–Crippen LogP) is 3.14. The van der Waals surface area contributed by atoms with Crippen LogP contribution in [0.2, 0.25) is 0 Å². The van der Waals surface area contributed by atoms with Crippen LogP contribution in [0.1, 0.15) is 15.9 Å². The van der Waals surface area contributed by atoms with E-state index in [4.69, 9.17) is 5.11 Å². The van der Waals surface area contributed by atoms with E-state index in [2.05, 4.69) is 5.10 Å². The van der Waals surface area contributed by atoms with Gasteiger partial charge in [-0.3, -0.25) is 9.59 Å². The molecule has 1 amide bonds. The Bertz CT molecular complexity index is 1190. The number of hydrogen-bond acceptors (Lipinski definition) is 4. The van der Waals surface area contributed by atoms with Gasteiger partial charge in [0.15, 0.2) is 6.10 Å². The highest BCUT2D eigenvalue weighted by Gasteiger charge is 2.38. The van der Waals surface area contributed by atoms with Gasteiger partial charge in [0.1, 0.15) is 17.2 Å². The monoisotopic (exact) mass is 453 g/mol. The molecule has 32 heavy (non-hydrogen) atoms. The number of carbonyl (C=O) groups is 1. The van der Waals surface area contributed by atoms with Crippen LogP contribution in [-0.2, 0) is 0 Å². The quantitative estimate of drug-likeness (QED) is 0.582. The number of aryl methyl sites for hydroxylation is 1. The molecule has 1 atom stereocenters. The summed E-state index contributed by atoms with van der Waals surface area (Å²) in [7, 11) is 0. The molecule has 0 fully saturated rings. The number of nitrogens with zero attached hydrogens (tertiary/aromatic N) is 2. The number of carbonyl (C=O) groups excluding carboxylic acids is 1. The zero-order valence-corrected chi connectivity index (χ0v) is 16.5. The molecule has 2 aromatic carbocycles. The van der Waals surface area contributed by atoms with Gasteiger partial charge in [0.2, 0.25) is 0 Å². The summed E-state index contributed by atoms with van der Waals surface area (Å²) >= 11 is 0.